The summed E-state index contributed by atoms with van der Waals surface area (Å²) in [5.41, 5.74) is 0.953. The number of nitrogens with zero attached hydrogens (tertiary/aromatic N) is 1. The van der Waals surface area contributed by atoms with Gasteiger partial charge in [-0.05, 0) is 67.4 Å². The summed E-state index contributed by atoms with van der Waals surface area (Å²) < 4.78 is 19.0. The maximum Gasteiger partial charge on any atom is 0.282 e. The van der Waals surface area contributed by atoms with Crippen LogP contribution in [0.25, 0.3) is 0 Å². The van der Waals surface area contributed by atoms with Gasteiger partial charge in [0.25, 0.3) is 5.56 Å². The summed E-state index contributed by atoms with van der Waals surface area (Å²) in [5.74, 6) is 2.58. The van der Waals surface area contributed by atoms with Crippen molar-refractivity contribution in [1.82, 2.24) is 4.74 Å². The molecule has 30 heavy (non-hydrogen) atoms. The van der Waals surface area contributed by atoms with Crippen LogP contribution in [-0.2, 0) is 11.0 Å². The quantitative estimate of drug-likeness (QED) is 0.520. The molecular weight excluding hydrogens is 394 g/mol. The van der Waals surface area contributed by atoms with Gasteiger partial charge in [-0.1, -0.05) is 32.9 Å². The summed E-state index contributed by atoms with van der Waals surface area (Å²) >= 11 is 0. The van der Waals surface area contributed by atoms with E-state index in [1.165, 1.54) is 4.74 Å². The molecule has 0 spiro atoms. The third-order valence-electron chi connectivity index (χ3n) is 6.95. The Morgan fingerprint density at radius 1 is 1.10 bits per heavy atom. The van der Waals surface area contributed by atoms with Gasteiger partial charge in [-0.25, -0.2) is 0 Å². The first-order chi connectivity index (χ1) is 14.1. The van der Waals surface area contributed by atoms with Crippen molar-refractivity contribution in [3.05, 3.63) is 52.0 Å². The minimum atomic E-state index is -1.69. The Morgan fingerprint density at radius 3 is 2.30 bits per heavy atom. The number of hydrogen-bond acceptors (Lipinski definition) is 4. The predicted molar refractivity (Wildman–Crippen MR) is 123 cm³/mol. The highest BCUT2D eigenvalue weighted by molar-refractivity contribution is 6.74. The van der Waals surface area contributed by atoms with E-state index in [4.69, 9.17) is 13.7 Å². The molecule has 5 nitrogen and oxygen atoms in total. The molecule has 0 bridgehead atoms. The van der Waals surface area contributed by atoms with E-state index in [9.17, 15) is 4.79 Å². The standard InChI is InChI=1S/C24H37NO4Si/c1-24(2,3)30(5,6)28-17-19-7-11-20(12-8-19)22-15-23(26)25(29-22)16-18-9-13-21(27-4)14-10-18/h9-10,13-15,19-20H,7-8,11-12,16-17H2,1-6H3. The van der Waals surface area contributed by atoms with Crippen molar-refractivity contribution in [1.29, 1.82) is 0 Å². The van der Waals surface area contributed by atoms with Crippen LogP contribution in [0, 0.1) is 5.92 Å². The average molecular weight is 432 g/mol. The molecule has 1 aliphatic carbocycles. The lowest BCUT2D eigenvalue weighted by Gasteiger charge is -2.38. The minimum absolute atomic E-state index is 0.0656. The molecule has 0 unspecified atom stereocenters. The highest BCUT2D eigenvalue weighted by Crippen LogP contribution is 2.39. The van der Waals surface area contributed by atoms with E-state index in [-0.39, 0.29) is 10.6 Å². The van der Waals surface area contributed by atoms with Crippen LogP contribution in [0.4, 0.5) is 0 Å². The van der Waals surface area contributed by atoms with Gasteiger partial charge in [0.05, 0.1) is 13.7 Å². The molecule has 0 N–H and O–H groups in total. The second-order valence-corrected chi connectivity index (χ2v) is 15.0. The van der Waals surface area contributed by atoms with Gasteiger partial charge in [-0.3, -0.25) is 4.79 Å². The predicted octanol–water partition coefficient (Wildman–Crippen LogP) is 5.79. The second-order valence-electron chi connectivity index (χ2n) is 10.1. The molecule has 6 heteroatoms. The molecular formula is C24H37NO4Si. The number of hydrogen-bond donors (Lipinski definition) is 0. The molecule has 1 aliphatic rings. The van der Waals surface area contributed by atoms with Gasteiger partial charge in [0.15, 0.2) is 8.32 Å². The Bertz CT molecular complexity index is 868. The van der Waals surface area contributed by atoms with E-state index >= 15 is 0 Å². The molecule has 1 aromatic carbocycles. The zero-order valence-electron chi connectivity index (χ0n) is 19.4. The number of aromatic nitrogens is 1. The molecule has 166 valence electrons. The molecule has 0 radical (unpaired) electrons. The van der Waals surface area contributed by atoms with Crippen molar-refractivity contribution >= 4 is 8.32 Å². The van der Waals surface area contributed by atoms with Crippen LogP contribution < -0.4 is 10.3 Å². The van der Waals surface area contributed by atoms with Gasteiger partial charge in [-0.2, -0.15) is 4.74 Å². The van der Waals surface area contributed by atoms with Crippen molar-refractivity contribution in [2.24, 2.45) is 5.92 Å². The molecule has 0 amide bonds. The Labute approximate surface area is 181 Å². The Hall–Kier alpha value is -1.79. The zero-order valence-corrected chi connectivity index (χ0v) is 20.4. The van der Waals surface area contributed by atoms with Gasteiger partial charge in [0.1, 0.15) is 11.5 Å². The first kappa shape index (κ1) is 22.9. The van der Waals surface area contributed by atoms with E-state index in [1.54, 1.807) is 13.2 Å². The van der Waals surface area contributed by atoms with Crippen LogP contribution in [0.1, 0.15) is 63.7 Å². The zero-order chi connectivity index (χ0) is 21.9. The fourth-order valence-corrected chi connectivity index (χ4v) is 4.83. The van der Waals surface area contributed by atoms with Crippen molar-refractivity contribution in [3.8, 4) is 5.75 Å². The van der Waals surface area contributed by atoms with Crippen LogP contribution in [0.2, 0.25) is 18.1 Å². The van der Waals surface area contributed by atoms with Gasteiger partial charge >= 0.3 is 0 Å². The normalized spacial score (nSPS) is 20.3. The molecule has 1 saturated carbocycles. The lowest BCUT2D eigenvalue weighted by Crippen LogP contribution is -2.42. The van der Waals surface area contributed by atoms with Crippen molar-refractivity contribution in [2.45, 2.75) is 77.0 Å². The molecule has 0 saturated heterocycles. The molecule has 3 rings (SSSR count). The van der Waals surface area contributed by atoms with E-state index in [1.807, 2.05) is 24.3 Å². The smallest absolute Gasteiger partial charge is 0.282 e. The van der Waals surface area contributed by atoms with E-state index in [2.05, 4.69) is 33.9 Å². The Balaban J connectivity index is 1.54. The van der Waals surface area contributed by atoms with Crippen LogP contribution in [0.15, 0.2) is 39.6 Å². The summed E-state index contributed by atoms with van der Waals surface area (Å²) in [7, 11) is -0.0429. The van der Waals surface area contributed by atoms with Crippen LogP contribution in [0.5, 0.6) is 5.75 Å². The molecule has 0 atom stereocenters. The van der Waals surface area contributed by atoms with Crippen LogP contribution in [-0.4, -0.2) is 26.8 Å². The third-order valence-corrected chi connectivity index (χ3v) is 11.4. The summed E-state index contributed by atoms with van der Waals surface area (Å²) in [6, 6.07) is 9.40. The van der Waals surface area contributed by atoms with Gasteiger partial charge in [0.2, 0.25) is 0 Å². The number of rotatable bonds is 7. The van der Waals surface area contributed by atoms with Crippen molar-refractivity contribution < 1.29 is 13.7 Å². The topological polar surface area (TPSA) is 53.6 Å². The van der Waals surface area contributed by atoms with E-state index in [0.29, 0.717) is 18.4 Å². The maximum atomic E-state index is 12.4. The summed E-state index contributed by atoms with van der Waals surface area (Å²) in [5, 5.41) is 0.250. The third kappa shape index (κ3) is 5.46. The summed E-state index contributed by atoms with van der Waals surface area (Å²) in [6.07, 6.45) is 4.38. The average Bonchev–Trinajstić information content (AvgIpc) is 3.07. The Morgan fingerprint density at radius 2 is 1.73 bits per heavy atom. The van der Waals surface area contributed by atoms with Gasteiger partial charge < -0.3 is 13.7 Å². The molecule has 0 aliphatic heterocycles. The van der Waals surface area contributed by atoms with Gasteiger partial charge in [0, 0.05) is 18.6 Å². The second kappa shape index (κ2) is 9.14. The highest BCUT2D eigenvalue weighted by atomic mass is 28.4. The molecule has 2 aromatic rings. The monoisotopic (exact) mass is 431 g/mol. The lowest BCUT2D eigenvalue weighted by molar-refractivity contribution is 0.171. The highest BCUT2D eigenvalue weighted by Gasteiger charge is 2.38. The minimum Gasteiger partial charge on any atom is -0.497 e. The summed E-state index contributed by atoms with van der Waals surface area (Å²) in [6.45, 7) is 12.8. The molecule has 1 fully saturated rings. The SMILES string of the molecule is COc1ccc(Cn2oc(C3CCC(CO[Si](C)(C)C(C)(C)C)CC3)cc2=O)cc1. The first-order valence-electron chi connectivity index (χ1n) is 11.1. The fourth-order valence-electron chi connectivity index (χ4n) is 3.75. The van der Waals surface area contributed by atoms with Gasteiger partial charge in [-0.15, -0.1) is 0 Å². The van der Waals surface area contributed by atoms with E-state index in [0.717, 1.165) is 49.4 Å². The number of benzene rings is 1. The van der Waals surface area contributed by atoms with Crippen LogP contribution in [0.3, 0.4) is 0 Å². The van der Waals surface area contributed by atoms with Crippen molar-refractivity contribution in [2.75, 3.05) is 13.7 Å². The lowest BCUT2D eigenvalue weighted by atomic mass is 9.81. The van der Waals surface area contributed by atoms with Crippen molar-refractivity contribution in [3.63, 3.8) is 0 Å². The first-order valence-corrected chi connectivity index (χ1v) is 14.0. The maximum absolute atomic E-state index is 12.4. The molecule has 1 aromatic heterocycles. The summed E-state index contributed by atoms with van der Waals surface area (Å²) in [4.78, 5) is 12.4. The Kier molecular flexibility index (Phi) is 6.97. The molecule has 1 heterocycles. The fraction of sp³-hybridized carbons (Fsp3) is 0.625. The van der Waals surface area contributed by atoms with E-state index < -0.39 is 8.32 Å². The largest absolute Gasteiger partial charge is 0.497 e. The number of ether oxygens (including phenoxy) is 1. The van der Waals surface area contributed by atoms with Crippen LogP contribution >= 0.6 is 0 Å². The number of methoxy groups -OCH3 is 1.